The van der Waals surface area contributed by atoms with E-state index in [9.17, 15) is 0 Å². The Balaban J connectivity index is 2.86. The van der Waals surface area contributed by atoms with Gasteiger partial charge in [-0.05, 0) is 40.2 Å². The van der Waals surface area contributed by atoms with Gasteiger partial charge in [-0.15, -0.1) is 0 Å². The van der Waals surface area contributed by atoms with Crippen molar-refractivity contribution in [2.45, 2.75) is 39.2 Å². The van der Waals surface area contributed by atoms with Crippen LogP contribution in [0.15, 0.2) is 6.20 Å². The highest BCUT2D eigenvalue weighted by Gasteiger charge is 2.19. The molecule has 0 unspecified atom stereocenters. The van der Waals surface area contributed by atoms with Gasteiger partial charge in [0, 0.05) is 5.56 Å². The summed E-state index contributed by atoms with van der Waals surface area (Å²) in [6.45, 7) is 6.94. The van der Waals surface area contributed by atoms with E-state index in [0.717, 1.165) is 23.6 Å². The van der Waals surface area contributed by atoms with Crippen molar-refractivity contribution in [3.8, 4) is 0 Å². The molecule has 4 heteroatoms. The molecule has 3 nitrogen and oxygen atoms in total. The molecule has 0 bridgehead atoms. The predicted octanol–water partition coefficient (Wildman–Crippen LogP) is 2.18. The molecule has 1 aromatic rings. The molecule has 2 N–H and O–H groups in total. The fourth-order valence-corrected chi connectivity index (χ4v) is 1.74. The Labute approximate surface area is 90.2 Å². The van der Waals surface area contributed by atoms with E-state index in [2.05, 4.69) is 25.9 Å². The molecular formula is C10H18ClN3. The minimum atomic E-state index is -0.0575. The molecule has 0 aliphatic rings. The normalized spacial score (nSPS) is 12.1. The van der Waals surface area contributed by atoms with Crippen LogP contribution in [0, 0.1) is 0 Å². The van der Waals surface area contributed by atoms with Gasteiger partial charge >= 0.3 is 0 Å². The van der Waals surface area contributed by atoms with Gasteiger partial charge in [-0.3, -0.25) is 0 Å². The number of nitrogens with two attached hydrogens (primary N) is 1. The lowest BCUT2D eigenvalue weighted by Gasteiger charge is -2.20. The third-order valence-corrected chi connectivity index (χ3v) is 2.47. The van der Waals surface area contributed by atoms with Crippen LogP contribution in [0.1, 0.15) is 32.8 Å². The second kappa shape index (κ2) is 4.32. The first-order valence-corrected chi connectivity index (χ1v) is 5.27. The number of aromatic nitrogens is 2. The van der Waals surface area contributed by atoms with Crippen LogP contribution in [0.2, 0.25) is 5.15 Å². The van der Waals surface area contributed by atoms with E-state index in [4.69, 9.17) is 17.3 Å². The quantitative estimate of drug-likeness (QED) is 0.840. The summed E-state index contributed by atoms with van der Waals surface area (Å²) in [5, 5.41) is 5.03. The van der Waals surface area contributed by atoms with E-state index in [1.807, 2.05) is 10.9 Å². The largest absolute Gasteiger partial charge is 0.330 e. The van der Waals surface area contributed by atoms with E-state index in [0.29, 0.717) is 6.54 Å². The van der Waals surface area contributed by atoms with E-state index < -0.39 is 0 Å². The lowest BCUT2D eigenvalue weighted by atomic mass is 10.1. The summed E-state index contributed by atoms with van der Waals surface area (Å²) in [6.07, 6.45) is 3.70. The molecule has 0 spiro atoms. The van der Waals surface area contributed by atoms with E-state index >= 15 is 0 Å². The molecule has 0 fully saturated rings. The van der Waals surface area contributed by atoms with Gasteiger partial charge in [0.25, 0.3) is 0 Å². The minimum Gasteiger partial charge on any atom is -0.330 e. The Hall–Kier alpha value is -0.540. The van der Waals surface area contributed by atoms with Crippen molar-refractivity contribution in [2.24, 2.45) is 5.73 Å². The molecule has 0 aromatic carbocycles. The van der Waals surface area contributed by atoms with Gasteiger partial charge in [-0.25, -0.2) is 4.68 Å². The summed E-state index contributed by atoms with van der Waals surface area (Å²) in [5.41, 5.74) is 6.48. The maximum absolute atomic E-state index is 6.20. The predicted molar refractivity (Wildman–Crippen MR) is 59.6 cm³/mol. The standard InChI is InChI=1S/C10H18ClN3/c1-10(2,3)14-9(11)8(7-13-14)5-4-6-12/h7H,4-6,12H2,1-3H3. The number of halogens is 1. The first kappa shape index (κ1) is 11.5. The Kier molecular flexibility index (Phi) is 3.56. The maximum atomic E-state index is 6.20. The average Bonchev–Trinajstić information content (AvgIpc) is 2.42. The maximum Gasteiger partial charge on any atom is 0.130 e. The van der Waals surface area contributed by atoms with Gasteiger partial charge in [0.05, 0.1) is 11.7 Å². The Morgan fingerprint density at radius 2 is 2.14 bits per heavy atom. The fraction of sp³-hybridized carbons (Fsp3) is 0.700. The van der Waals surface area contributed by atoms with Crippen LogP contribution in [0.25, 0.3) is 0 Å². The number of hydrogen-bond acceptors (Lipinski definition) is 2. The molecule has 0 saturated heterocycles. The number of hydrogen-bond donors (Lipinski definition) is 1. The Morgan fingerprint density at radius 1 is 1.50 bits per heavy atom. The van der Waals surface area contributed by atoms with E-state index in [-0.39, 0.29) is 5.54 Å². The van der Waals surface area contributed by atoms with Gasteiger partial charge in [-0.1, -0.05) is 11.6 Å². The zero-order valence-corrected chi connectivity index (χ0v) is 9.80. The smallest absolute Gasteiger partial charge is 0.130 e. The highest BCUT2D eigenvalue weighted by Crippen LogP contribution is 2.23. The first-order valence-electron chi connectivity index (χ1n) is 4.89. The number of rotatable bonds is 3. The molecule has 0 aliphatic carbocycles. The molecule has 0 atom stereocenters. The van der Waals surface area contributed by atoms with Crippen LogP contribution in [0.5, 0.6) is 0 Å². The molecule has 1 aromatic heterocycles. The van der Waals surface area contributed by atoms with Crippen molar-refractivity contribution < 1.29 is 0 Å². The molecule has 1 rings (SSSR count). The van der Waals surface area contributed by atoms with Crippen LogP contribution in [-0.2, 0) is 12.0 Å². The van der Waals surface area contributed by atoms with Crippen LogP contribution in [0.3, 0.4) is 0 Å². The van der Waals surface area contributed by atoms with Crippen molar-refractivity contribution in [3.63, 3.8) is 0 Å². The van der Waals surface area contributed by atoms with Crippen molar-refractivity contribution in [3.05, 3.63) is 16.9 Å². The number of aryl methyl sites for hydroxylation is 1. The van der Waals surface area contributed by atoms with E-state index in [1.54, 1.807) is 0 Å². The topological polar surface area (TPSA) is 43.8 Å². The molecule has 0 amide bonds. The van der Waals surface area contributed by atoms with Crippen molar-refractivity contribution in [1.82, 2.24) is 9.78 Å². The zero-order valence-electron chi connectivity index (χ0n) is 9.05. The Bertz CT molecular complexity index is 299. The average molecular weight is 216 g/mol. The van der Waals surface area contributed by atoms with Gasteiger partial charge < -0.3 is 5.73 Å². The van der Waals surface area contributed by atoms with Gasteiger partial charge in [0.2, 0.25) is 0 Å². The molecule has 14 heavy (non-hydrogen) atoms. The molecule has 80 valence electrons. The summed E-state index contributed by atoms with van der Waals surface area (Å²) in [7, 11) is 0. The van der Waals surface area contributed by atoms with Crippen molar-refractivity contribution in [1.29, 1.82) is 0 Å². The van der Waals surface area contributed by atoms with Crippen molar-refractivity contribution in [2.75, 3.05) is 6.54 Å². The lowest BCUT2D eigenvalue weighted by molar-refractivity contribution is 0.356. The van der Waals surface area contributed by atoms with Crippen molar-refractivity contribution >= 4 is 11.6 Å². The summed E-state index contributed by atoms with van der Waals surface area (Å²) < 4.78 is 1.85. The lowest BCUT2D eigenvalue weighted by Crippen LogP contribution is -2.23. The van der Waals surface area contributed by atoms with E-state index in [1.165, 1.54) is 0 Å². The molecule has 0 saturated carbocycles. The SMILES string of the molecule is CC(C)(C)n1ncc(CCCN)c1Cl. The second-order valence-corrected chi connectivity index (χ2v) is 4.79. The van der Waals surface area contributed by atoms with Crippen LogP contribution < -0.4 is 5.73 Å². The Morgan fingerprint density at radius 3 is 2.57 bits per heavy atom. The van der Waals surface area contributed by atoms with Crippen LogP contribution in [0.4, 0.5) is 0 Å². The highest BCUT2D eigenvalue weighted by molar-refractivity contribution is 6.30. The molecular weight excluding hydrogens is 198 g/mol. The minimum absolute atomic E-state index is 0.0575. The monoisotopic (exact) mass is 215 g/mol. The first-order chi connectivity index (χ1) is 6.46. The van der Waals surface area contributed by atoms with Gasteiger partial charge in [0.1, 0.15) is 5.15 Å². The zero-order chi connectivity index (χ0) is 10.8. The second-order valence-electron chi connectivity index (χ2n) is 4.44. The highest BCUT2D eigenvalue weighted by atomic mass is 35.5. The molecule has 0 radical (unpaired) electrons. The van der Waals surface area contributed by atoms with Crippen LogP contribution in [-0.4, -0.2) is 16.3 Å². The van der Waals surface area contributed by atoms with Crippen LogP contribution >= 0.6 is 11.6 Å². The summed E-state index contributed by atoms with van der Waals surface area (Å²) in [4.78, 5) is 0. The van der Waals surface area contributed by atoms with Gasteiger partial charge in [-0.2, -0.15) is 5.10 Å². The molecule has 0 aliphatic heterocycles. The summed E-state index contributed by atoms with van der Waals surface area (Å²) >= 11 is 6.20. The van der Waals surface area contributed by atoms with Gasteiger partial charge in [0.15, 0.2) is 0 Å². The third kappa shape index (κ3) is 2.49. The fourth-order valence-electron chi connectivity index (χ4n) is 1.30. The number of nitrogens with zero attached hydrogens (tertiary/aromatic N) is 2. The third-order valence-electron chi connectivity index (χ3n) is 2.07. The summed E-state index contributed by atoms with van der Waals surface area (Å²) in [6, 6.07) is 0. The molecule has 1 heterocycles. The summed E-state index contributed by atoms with van der Waals surface area (Å²) in [5.74, 6) is 0.